The highest BCUT2D eigenvalue weighted by Gasteiger charge is 2.17. The van der Waals surface area contributed by atoms with Crippen molar-refractivity contribution in [2.45, 2.75) is 19.4 Å². The largest absolute Gasteiger partial charge is 0.493 e. The van der Waals surface area contributed by atoms with Crippen LogP contribution in [0.1, 0.15) is 24.1 Å². The van der Waals surface area contributed by atoms with E-state index in [0.717, 1.165) is 24.1 Å². The summed E-state index contributed by atoms with van der Waals surface area (Å²) < 4.78 is 15.8. The Hall–Kier alpha value is -1.65. The Labute approximate surface area is 130 Å². The predicted octanol–water partition coefficient (Wildman–Crippen LogP) is 3.84. The SMILES string of the molecule is CCNC(Cc1ccoc1)c1cc(Cl)c(OC)c(OC)c1. The second kappa shape index (κ2) is 7.38. The molecule has 1 unspecified atom stereocenters. The zero-order valence-electron chi connectivity index (χ0n) is 12.5. The van der Waals surface area contributed by atoms with Crippen LogP contribution in [0.2, 0.25) is 5.02 Å². The molecule has 21 heavy (non-hydrogen) atoms. The van der Waals surface area contributed by atoms with E-state index >= 15 is 0 Å². The first-order valence-corrected chi connectivity index (χ1v) is 7.23. The van der Waals surface area contributed by atoms with E-state index < -0.39 is 0 Å². The standard InChI is InChI=1S/C16H20ClNO3/c1-4-18-14(7-11-5-6-21-10-11)12-8-13(17)16(20-3)15(9-12)19-2/h5-6,8-10,14,18H,4,7H2,1-3H3. The molecular formula is C16H20ClNO3. The molecule has 0 fully saturated rings. The summed E-state index contributed by atoms with van der Waals surface area (Å²) in [6.07, 6.45) is 4.25. The van der Waals surface area contributed by atoms with E-state index in [0.29, 0.717) is 16.5 Å². The summed E-state index contributed by atoms with van der Waals surface area (Å²) in [7, 11) is 3.19. The molecule has 2 aromatic rings. The number of rotatable bonds is 7. The molecule has 4 nitrogen and oxygen atoms in total. The lowest BCUT2D eigenvalue weighted by Gasteiger charge is -2.20. The van der Waals surface area contributed by atoms with Crippen LogP contribution in [0.25, 0.3) is 0 Å². The fraction of sp³-hybridized carbons (Fsp3) is 0.375. The summed E-state index contributed by atoms with van der Waals surface area (Å²) in [6.45, 7) is 2.93. The van der Waals surface area contributed by atoms with Gasteiger partial charge in [0.15, 0.2) is 11.5 Å². The fourth-order valence-corrected chi connectivity index (χ4v) is 2.63. The summed E-state index contributed by atoms with van der Waals surface area (Å²) in [5.74, 6) is 1.19. The number of halogens is 1. The molecule has 1 atom stereocenters. The van der Waals surface area contributed by atoms with Crippen LogP contribution in [0.15, 0.2) is 35.1 Å². The lowest BCUT2D eigenvalue weighted by molar-refractivity contribution is 0.354. The number of ether oxygens (including phenoxy) is 2. The second-order valence-corrected chi connectivity index (χ2v) is 5.09. The van der Waals surface area contributed by atoms with Crippen LogP contribution in [0, 0.1) is 0 Å². The first-order chi connectivity index (χ1) is 10.2. The van der Waals surface area contributed by atoms with Gasteiger partial charge in [-0.15, -0.1) is 0 Å². The van der Waals surface area contributed by atoms with Crippen molar-refractivity contribution in [2.75, 3.05) is 20.8 Å². The molecule has 114 valence electrons. The van der Waals surface area contributed by atoms with Gasteiger partial charge < -0.3 is 19.2 Å². The van der Waals surface area contributed by atoms with E-state index in [1.54, 1.807) is 26.7 Å². The molecule has 1 aromatic heterocycles. The highest BCUT2D eigenvalue weighted by Crippen LogP contribution is 2.38. The number of benzene rings is 1. The summed E-state index contributed by atoms with van der Waals surface area (Å²) in [5.41, 5.74) is 2.19. The van der Waals surface area contributed by atoms with Gasteiger partial charge in [0.25, 0.3) is 0 Å². The molecule has 0 aliphatic heterocycles. The van der Waals surface area contributed by atoms with Gasteiger partial charge in [0.05, 0.1) is 31.8 Å². The molecular weight excluding hydrogens is 290 g/mol. The van der Waals surface area contributed by atoms with Gasteiger partial charge in [0, 0.05) is 6.04 Å². The van der Waals surface area contributed by atoms with Crippen LogP contribution in [0.3, 0.4) is 0 Å². The molecule has 5 heteroatoms. The molecule has 0 saturated heterocycles. The highest BCUT2D eigenvalue weighted by molar-refractivity contribution is 6.32. The number of hydrogen-bond donors (Lipinski definition) is 1. The maximum Gasteiger partial charge on any atom is 0.179 e. The smallest absolute Gasteiger partial charge is 0.179 e. The van der Waals surface area contributed by atoms with Crippen molar-refractivity contribution in [1.29, 1.82) is 0 Å². The van der Waals surface area contributed by atoms with Crippen LogP contribution in [-0.4, -0.2) is 20.8 Å². The van der Waals surface area contributed by atoms with E-state index in [4.69, 9.17) is 25.5 Å². The molecule has 0 bridgehead atoms. The zero-order valence-corrected chi connectivity index (χ0v) is 13.2. The van der Waals surface area contributed by atoms with Crippen molar-refractivity contribution < 1.29 is 13.9 Å². The number of hydrogen-bond acceptors (Lipinski definition) is 4. The molecule has 1 N–H and O–H groups in total. The van der Waals surface area contributed by atoms with E-state index in [9.17, 15) is 0 Å². The average molecular weight is 310 g/mol. The highest BCUT2D eigenvalue weighted by atomic mass is 35.5. The molecule has 0 aliphatic rings. The second-order valence-electron chi connectivity index (χ2n) is 4.68. The van der Waals surface area contributed by atoms with E-state index in [1.165, 1.54) is 0 Å². The van der Waals surface area contributed by atoms with Gasteiger partial charge >= 0.3 is 0 Å². The van der Waals surface area contributed by atoms with Gasteiger partial charge in [0.2, 0.25) is 0 Å². The van der Waals surface area contributed by atoms with Crippen molar-refractivity contribution in [3.63, 3.8) is 0 Å². The monoisotopic (exact) mass is 309 g/mol. The van der Waals surface area contributed by atoms with Crippen molar-refractivity contribution in [3.8, 4) is 11.5 Å². The Morgan fingerprint density at radius 3 is 2.67 bits per heavy atom. The lowest BCUT2D eigenvalue weighted by atomic mass is 10.00. The Balaban J connectivity index is 2.33. The Kier molecular flexibility index (Phi) is 5.53. The topological polar surface area (TPSA) is 43.6 Å². The molecule has 1 aromatic carbocycles. The van der Waals surface area contributed by atoms with Crippen molar-refractivity contribution in [2.24, 2.45) is 0 Å². The van der Waals surface area contributed by atoms with Gasteiger partial charge in [-0.05, 0) is 42.3 Å². The third kappa shape index (κ3) is 3.71. The zero-order chi connectivity index (χ0) is 15.2. The molecule has 0 radical (unpaired) electrons. The Bertz CT molecular complexity index is 569. The van der Waals surface area contributed by atoms with Gasteiger partial charge in [-0.25, -0.2) is 0 Å². The summed E-state index contributed by atoms with van der Waals surface area (Å²) in [5, 5.41) is 4.00. The summed E-state index contributed by atoms with van der Waals surface area (Å²) in [6, 6.07) is 5.96. The maximum atomic E-state index is 6.29. The third-order valence-corrected chi connectivity index (χ3v) is 3.61. The molecule has 1 heterocycles. The molecule has 0 spiro atoms. The number of nitrogens with one attached hydrogen (secondary N) is 1. The van der Waals surface area contributed by atoms with Crippen LogP contribution < -0.4 is 14.8 Å². The van der Waals surface area contributed by atoms with E-state index in [-0.39, 0.29) is 6.04 Å². The van der Waals surface area contributed by atoms with Gasteiger partial charge in [-0.3, -0.25) is 0 Å². The third-order valence-electron chi connectivity index (χ3n) is 3.33. The minimum atomic E-state index is 0.130. The normalized spacial score (nSPS) is 12.2. The van der Waals surface area contributed by atoms with Gasteiger partial charge in [-0.2, -0.15) is 0 Å². The number of methoxy groups -OCH3 is 2. The minimum absolute atomic E-state index is 0.130. The summed E-state index contributed by atoms with van der Waals surface area (Å²) in [4.78, 5) is 0. The van der Waals surface area contributed by atoms with Crippen LogP contribution in [0.5, 0.6) is 11.5 Å². The van der Waals surface area contributed by atoms with Crippen molar-refractivity contribution in [1.82, 2.24) is 5.32 Å². The molecule has 0 aliphatic carbocycles. The minimum Gasteiger partial charge on any atom is -0.493 e. The van der Waals surface area contributed by atoms with Crippen LogP contribution in [0.4, 0.5) is 0 Å². The first-order valence-electron chi connectivity index (χ1n) is 6.85. The molecule has 0 saturated carbocycles. The molecule has 0 amide bonds. The first kappa shape index (κ1) is 15.7. The quantitative estimate of drug-likeness (QED) is 0.844. The Morgan fingerprint density at radius 2 is 2.10 bits per heavy atom. The number of furan rings is 1. The van der Waals surface area contributed by atoms with E-state index in [2.05, 4.69) is 12.2 Å². The van der Waals surface area contributed by atoms with Crippen molar-refractivity contribution >= 4 is 11.6 Å². The van der Waals surface area contributed by atoms with Crippen molar-refractivity contribution in [3.05, 3.63) is 46.9 Å². The van der Waals surface area contributed by atoms with Gasteiger partial charge in [0.1, 0.15) is 0 Å². The van der Waals surface area contributed by atoms with Crippen LogP contribution >= 0.6 is 11.6 Å². The average Bonchev–Trinajstić information content (AvgIpc) is 2.99. The lowest BCUT2D eigenvalue weighted by Crippen LogP contribution is -2.23. The van der Waals surface area contributed by atoms with Crippen LogP contribution in [-0.2, 0) is 6.42 Å². The van der Waals surface area contributed by atoms with E-state index in [1.807, 2.05) is 18.2 Å². The van der Waals surface area contributed by atoms with Gasteiger partial charge in [-0.1, -0.05) is 18.5 Å². The molecule has 2 rings (SSSR count). The summed E-state index contributed by atoms with van der Waals surface area (Å²) >= 11 is 6.29. The number of likely N-dealkylation sites (N-methyl/N-ethyl adjacent to an activating group) is 1. The Morgan fingerprint density at radius 1 is 1.29 bits per heavy atom. The maximum absolute atomic E-state index is 6.29. The fourth-order valence-electron chi connectivity index (χ4n) is 2.34. The predicted molar refractivity (Wildman–Crippen MR) is 83.4 cm³/mol.